The molecule has 0 fully saturated rings. The molecule has 0 bridgehead atoms. The summed E-state index contributed by atoms with van der Waals surface area (Å²) < 4.78 is 18.3. The molecule has 0 aliphatic carbocycles. The third kappa shape index (κ3) is 2.30. The molecule has 2 amide bonds. The summed E-state index contributed by atoms with van der Waals surface area (Å²) >= 11 is 0. The Bertz CT molecular complexity index is 801. The number of hydroxylamine groups is 2. The Morgan fingerprint density at radius 2 is 1.74 bits per heavy atom. The Labute approximate surface area is 129 Å². The summed E-state index contributed by atoms with van der Waals surface area (Å²) in [5.41, 5.74) is -0.0482. The molecule has 1 aliphatic rings. The average Bonchev–Trinajstić information content (AvgIpc) is 2.80. The standard InChI is InChI=1S/C15H9FN2O5/c1-22-11-10(6-7-17-12(11)16)15(21)23-18-13(19)8-4-2-3-5-9(8)14(18)20/h2-7H,1H3. The summed E-state index contributed by atoms with van der Waals surface area (Å²) in [6.07, 6.45) is 1.04. The number of rotatable bonds is 3. The summed E-state index contributed by atoms with van der Waals surface area (Å²) in [6, 6.07) is 7.20. The zero-order valence-electron chi connectivity index (χ0n) is 11.8. The molecule has 2 aromatic rings. The van der Waals surface area contributed by atoms with Gasteiger partial charge >= 0.3 is 5.97 Å². The van der Waals surface area contributed by atoms with Gasteiger partial charge in [0.2, 0.25) is 0 Å². The van der Waals surface area contributed by atoms with E-state index in [4.69, 9.17) is 9.57 Å². The number of nitrogens with zero attached hydrogens (tertiary/aromatic N) is 2. The van der Waals surface area contributed by atoms with Crippen molar-refractivity contribution in [3.63, 3.8) is 0 Å². The average molecular weight is 316 g/mol. The van der Waals surface area contributed by atoms with Crippen molar-refractivity contribution >= 4 is 17.8 Å². The van der Waals surface area contributed by atoms with Crippen LogP contribution in [0.1, 0.15) is 31.1 Å². The molecule has 1 aromatic carbocycles. The molecule has 2 heterocycles. The van der Waals surface area contributed by atoms with Crippen LogP contribution in [0.4, 0.5) is 4.39 Å². The second-order valence-corrected chi connectivity index (χ2v) is 4.51. The normalized spacial score (nSPS) is 13.0. The van der Waals surface area contributed by atoms with Crippen LogP contribution in [-0.2, 0) is 4.84 Å². The molecular formula is C15H9FN2O5. The number of hydrogen-bond donors (Lipinski definition) is 0. The highest BCUT2D eigenvalue weighted by Gasteiger charge is 2.39. The molecule has 7 nitrogen and oxygen atoms in total. The Kier molecular flexibility index (Phi) is 3.49. The van der Waals surface area contributed by atoms with Crippen molar-refractivity contribution in [3.05, 3.63) is 59.2 Å². The topological polar surface area (TPSA) is 85.8 Å². The van der Waals surface area contributed by atoms with Crippen molar-refractivity contribution in [2.75, 3.05) is 7.11 Å². The van der Waals surface area contributed by atoms with Crippen LogP contribution in [0.25, 0.3) is 0 Å². The van der Waals surface area contributed by atoms with Crippen LogP contribution in [0.2, 0.25) is 0 Å². The molecule has 1 aliphatic heterocycles. The monoisotopic (exact) mass is 316 g/mol. The molecule has 23 heavy (non-hydrogen) atoms. The fourth-order valence-electron chi connectivity index (χ4n) is 2.16. The highest BCUT2D eigenvalue weighted by molar-refractivity contribution is 6.21. The molecule has 0 spiro atoms. The van der Waals surface area contributed by atoms with E-state index in [1.54, 1.807) is 12.1 Å². The van der Waals surface area contributed by atoms with Crippen LogP contribution in [0.3, 0.4) is 0 Å². The second-order valence-electron chi connectivity index (χ2n) is 4.51. The van der Waals surface area contributed by atoms with Gasteiger partial charge in [0.05, 0.1) is 18.2 Å². The van der Waals surface area contributed by atoms with Crippen LogP contribution in [-0.4, -0.2) is 34.9 Å². The third-order valence-electron chi connectivity index (χ3n) is 3.22. The van der Waals surface area contributed by atoms with Crippen LogP contribution in [0, 0.1) is 5.95 Å². The minimum absolute atomic E-state index is 0.123. The first-order valence-corrected chi connectivity index (χ1v) is 6.43. The lowest BCUT2D eigenvalue weighted by Gasteiger charge is -2.14. The maximum atomic E-state index is 13.5. The lowest BCUT2D eigenvalue weighted by molar-refractivity contribution is -0.0586. The highest BCUT2D eigenvalue weighted by Crippen LogP contribution is 2.25. The fourth-order valence-corrected chi connectivity index (χ4v) is 2.16. The fraction of sp³-hybridized carbons (Fsp3) is 0.0667. The van der Waals surface area contributed by atoms with E-state index in [9.17, 15) is 18.8 Å². The van der Waals surface area contributed by atoms with E-state index in [1.165, 1.54) is 12.1 Å². The smallest absolute Gasteiger partial charge is 0.367 e. The van der Waals surface area contributed by atoms with E-state index in [-0.39, 0.29) is 16.7 Å². The number of fused-ring (bicyclic) bond motifs is 1. The molecule has 116 valence electrons. The van der Waals surface area contributed by atoms with Gasteiger partial charge in [0.25, 0.3) is 17.8 Å². The van der Waals surface area contributed by atoms with Gasteiger partial charge in [0.15, 0.2) is 5.75 Å². The first kappa shape index (κ1) is 14.6. The van der Waals surface area contributed by atoms with Crippen molar-refractivity contribution in [2.24, 2.45) is 0 Å². The summed E-state index contributed by atoms with van der Waals surface area (Å²) in [6.45, 7) is 0. The Hall–Kier alpha value is -3.29. The lowest BCUT2D eigenvalue weighted by atomic mass is 10.1. The maximum absolute atomic E-state index is 13.5. The molecule has 1 aromatic heterocycles. The van der Waals surface area contributed by atoms with Crippen LogP contribution in [0.5, 0.6) is 5.75 Å². The number of benzene rings is 1. The molecule has 0 saturated heterocycles. The number of carbonyl (C=O) groups is 3. The van der Waals surface area contributed by atoms with Crippen molar-refractivity contribution in [1.29, 1.82) is 0 Å². The Balaban J connectivity index is 1.90. The van der Waals surface area contributed by atoms with Gasteiger partial charge in [-0.2, -0.15) is 4.39 Å². The van der Waals surface area contributed by atoms with Gasteiger partial charge in [-0.3, -0.25) is 9.59 Å². The van der Waals surface area contributed by atoms with Gasteiger partial charge in [-0.05, 0) is 18.2 Å². The van der Waals surface area contributed by atoms with E-state index in [2.05, 4.69) is 4.98 Å². The highest BCUT2D eigenvalue weighted by atomic mass is 19.1. The quantitative estimate of drug-likeness (QED) is 0.631. The van der Waals surface area contributed by atoms with Crippen LogP contribution < -0.4 is 4.74 Å². The second kappa shape index (κ2) is 5.48. The summed E-state index contributed by atoms with van der Waals surface area (Å²) in [5.74, 6) is -4.10. The van der Waals surface area contributed by atoms with Gasteiger partial charge in [0, 0.05) is 6.20 Å². The minimum atomic E-state index is -1.11. The van der Waals surface area contributed by atoms with Crippen molar-refractivity contribution < 1.29 is 28.3 Å². The number of pyridine rings is 1. The van der Waals surface area contributed by atoms with Gasteiger partial charge in [-0.25, -0.2) is 9.78 Å². The Morgan fingerprint density at radius 1 is 1.13 bits per heavy atom. The third-order valence-corrected chi connectivity index (χ3v) is 3.22. The van der Waals surface area contributed by atoms with Crippen LogP contribution >= 0.6 is 0 Å². The van der Waals surface area contributed by atoms with E-state index in [0.717, 1.165) is 19.4 Å². The van der Waals surface area contributed by atoms with Gasteiger partial charge in [0.1, 0.15) is 5.56 Å². The summed E-state index contributed by atoms with van der Waals surface area (Å²) in [4.78, 5) is 44.5. The summed E-state index contributed by atoms with van der Waals surface area (Å²) in [5, 5.41) is 0.338. The van der Waals surface area contributed by atoms with Gasteiger partial charge in [-0.15, -0.1) is 0 Å². The van der Waals surface area contributed by atoms with Crippen molar-refractivity contribution in [2.45, 2.75) is 0 Å². The van der Waals surface area contributed by atoms with E-state index >= 15 is 0 Å². The van der Waals surface area contributed by atoms with Crippen LogP contribution in [0.15, 0.2) is 36.5 Å². The molecule has 3 rings (SSSR count). The molecule has 0 N–H and O–H groups in total. The number of amides is 2. The number of ether oxygens (including phenoxy) is 1. The van der Waals surface area contributed by atoms with Gasteiger partial charge in [-0.1, -0.05) is 17.2 Å². The molecule has 0 saturated carbocycles. The first-order valence-electron chi connectivity index (χ1n) is 6.43. The molecular weight excluding hydrogens is 307 g/mol. The maximum Gasteiger partial charge on any atom is 0.367 e. The van der Waals surface area contributed by atoms with E-state index in [1.807, 2.05) is 0 Å². The predicted molar refractivity (Wildman–Crippen MR) is 73.1 cm³/mol. The van der Waals surface area contributed by atoms with Crippen molar-refractivity contribution in [3.8, 4) is 5.75 Å². The summed E-state index contributed by atoms with van der Waals surface area (Å²) in [7, 11) is 1.15. The lowest BCUT2D eigenvalue weighted by Crippen LogP contribution is -2.32. The largest absolute Gasteiger partial charge is 0.491 e. The minimum Gasteiger partial charge on any atom is -0.491 e. The zero-order chi connectivity index (χ0) is 16.6. The molecule has 0 atom stereocenters. The Morgan fingerprint density at radius 3 is 2.30 bits per heavy atom. The number of methoxy groups -OCH3 is 1. The first-order chi connectivity index (χ1) is 11.0. The number of imide groups is 1. The predicted octanol–water partition coefficient (Wildman–Crippen LogP) is 1.60. The molecule has 0 unspecified atom stereocenters. The number of aromatic nitrogens is 1. The van der Waals surface area contributed by atoms with E-state index < -0.39 is 29.5 Å². The molecule has 0 radical (unpaired) electrons. The number of carbonyl (C=O) groups excluding carboxylic acids is 3. The number of hydrogen-bond acceptors (Lipinski definition) is 6. The van der Waals surface area contributed by atoms with Gasteiger partial charge < -0.3 is 9.57 Å². The number of halogens is 1. The SMILES string of the molecule is COc1c(C(=O)ON2C(=O)c3ccccc3C2=O)ccnc1F. The van der Waals surface area contributed by atoms with E-state index in [0.29, 0.717) is 5.06 Å². The molecule has 8 heteroatoms. The van der Waals surface area contributed by atoms with Crippen molar-refractivity contribution in [1.82, 2.24) is 10.0 Å². The zero-order valence-corrected chi connectivity index (χ0v) is 11.8.